The van der Waals surface area contributed by atoms with Crippen molar-refractivity contribution in [3.8, 4) is 0 Å². The predicted molar refractivity (Wildman–Crippen MR) is 63.7 cm³/mol. The average molecular weight is 233 g/mol. The van der Waals surface area contributed by atoms with Crippen LogP contribution in [0.3, 0.4) is 0 Å². The van der Waals surface area contributed by atoms with Crippen molar-refractivity contribution in [3.63, 3.8) is 0 Å². The topological polar surface area (TPSA) is 46.2 Å². The molecule has 15 heavy (non-hydrogen) atoms. The smallest absolute Gasteiger partial charge is 0.150 e. The first kappa shape index (κ1) is 13.0. The first-order valence-electron chi connectivity index (χ1n) is 5.96. The Kier molecular flexibility index (Phi) is 5.06. The lowest BCUT2D eigenvalue weighted by atomic mass is 9.85. The lowest BCUT2D eigenvalue weighted by Gasteiger charge is -2.29. The minimum atomic E-state index is -2.75. The van der Waals surface area contributed by atoms with Crippen LogP contribution in [0.25, 0.3) is 0 Å². The second-order valence-electron chi connectivity index (χ2n) is 4.61. The fraction of sp³-hybridized carbons (Fsp3) is 1.00. The molecule has 1 aliphatic rings. The molecule has 0 aliphatic carbocycles. The largest absolute Gasteiger partial charge is 0.316 e. The Bertz CT molecular complexity index is 274. The molecule has 0 amide bonds. The van der Waals surface area contributed by atoms with Gasteiger partial charge in [-0.05, 0) is 44.2 Å². The molecule has 2 atom stereocenters. The van der Waals surface area contributed by atoms with Gasteiger partial charge < -0.3 is 5.32 Å². The van der Waals surface area contributed by atoms with Crippen molar-refractivity contribution in [2.45, 2.75) is 33.1 Å². The van der Waals surface area contributed by atoms with Crippen LogP contribution in [0.1, 0.15) is 33.1 Å². The van der Waals surface area contributed by atoms with Gasteiger partial charge in [0.1, 0.15) is 9.84 Å². The number of nitrogens with one attached hydrogen (secondary N) is 1. The second-order valence-corrected chi connectivity index (χ2v) is 7.08. The fourth-order valence-corrected chi connectivity index (χ4v) is 3.10. The summed E-state index contributed by atoms with van der Waals surface area (Å²) in [6, 6.07) is 0. The number of rotatable bonds is 5. The minimum Gasteiger partial charge on any atom is -0.316 e. The van der Waals surface area contributed by atoms with Gasteiger partial charge in [-0.2, -0.15) is 0 Å². The van der Waals surface area contributed by atoms with E-state index in [9.17, 15) is 8.42 Å². The summed E-state index contributed by atoms with van der Waals surface area (Å²) in [4.78, 5) is 0. The van der Waals surface area contributed by atoms with Crippen molar-refractivity contribution in [1.29, 1.82) is 0 Å². The molecule has 0 aromatic heterocycles. The quantitative estimate of drug-likeness (QED) is 0.782. The first-order chi connectivity index (χ1) is 7.05. The van der Waals surface area contributed by atoms with E-state index in [1.165, 1.54) is 6.42 Å². The van der Waals surface area contributed by atoms with Crippen LogP contribution in [-0.2, 0) is 9.84 Å². The third kappa shape index (κ3) is 4.51. The molecule has 1 saturated heterocycles. The van der Waals surface area contributed by atoms with Gasteiger partial charge in [0.25, 0.3) is 0 Å². The fourth-order valence-electron chi connectivity index (χ4n) is 2.21. The lowest BCUT2D eigenvalue weighted by molar-refractivity contribution is 0.257. The van der Waals surface area contributed by atoms with Gasteiger partial charge in [0, 0.05) is 5.75 Å². The van der Waals surface area contributed by atoms with E-state index in [2.05, 4.69) is 12.2 Å². The summed E-state index contributed by atoms with van der Waals surface area (Å²) in [7, 11) is -2.75. The molecule has 0 aromatic rings. The highest BCUT2D eigenvalue weighted by Gasteiger charge is 2.21. The monoisotopic (exact) mass is 233 g/mol. The molecule has 0 saturated carbocycles. The Morgan fingerprint density at radius 2 is 2.13 bits per heavy atom. The predicted octanol–water partition coefficient (Wildman–Crippen LogP) is 1.45. The molecule has 1 rings (SSSR count). The third-order valence-electron chi connectivity index (χ3n) is 3.43. The number of hydrogen-bond acceptors (Lipinski definition) is 3. The van der Waals surface area contributed by atoms with Crippen molar-refractivity contribution in [2.75, 3.05) is 24.6 Å². The van der Waals surface area contributed by atoms with Crippen LogP contribution in [-0.4, -0.2) is 33.0 Å². The molecule has 1 aliphatic heterocycles. The van der Waals surface area contributed by atoms with Crippen molar-refractivity contribution in [1.82, 2.24) is 5.32 Å². The molecule has 0 bridgehead atoms. The molecular formula is C11H23NO2S. The van der Waals surface area contributed by atoms with E-state index in [4.69, 9.17) is 0 Å². The number of piperidine rings is 1. The molecule has 1 N–H and O–H groups in total. The molecule has 90 valence electrons. The van der Waals surface area contributed by atoms with Gasteiger partial charge in [0.2, 0.25) is 0 Å². The number of sulfone groups is 1. The summed E-state index contributed by atoms with van der Waals surface area (Å²) in [6.07, 6.45) is 3.11. The zero-order chi connectivity index (χ0) is 11.3. The second kappa shape index (κ2) is 5.85. The highest BCUT2D eigenvalue weighted by Crippen LogP contribution is 2.23. The molecule has 0 spiro atoms. The third-order valence-corrected chi connectivity index (χ3v) is 5.22. The van der Waals surface area contributed by atoms with Crippen LogP contribution in [0.4, 0.5) is 0 Å². The van der Waals surface area contributed by atoms with Crippen molar-refractivity contribution in [2.24, 2.45) is 11.8 Å². The minimum absolute atomic E-state index is 0.286. The van der Waals surface area contributed by atoms with E-state index in [-0.39, 0.29) is 5.75 Å². The lowest BCUT2D eigenvalue weighted by Crippen LogP contribution is -2.35. The Morgan fingerprint density at radius 3 is 2.73 bits per heavy atom. The maximum Gasteiger partial charge on any atom is 0.150 e. The van der Waals surface area contributed by atoms with Crippen LogP contribution >= 0.6 is 0 Å². The molecule has 2 unspecified atom stereocenters. The first-order valence-corrected chi connectivity index (χ1v) is 7.78. The maximum absolute atomic E-state index is 11.3. The van der Waals surface area contributed by atoms with E-state index in [1.54, 1.807) is 6.92 Å². The SMILES string of the molecule is CCS(=O)(=O)CCCC1CCNCC1C. The molecule has 1 fully saturated rings. The normalized spacial score (nSPS) is 27.9. The Balaban J connectivity index is 2.25. The maximum atomic E-state index is 11.3. The van der Waals surface area contributed by atoms with Gasteiger partial charge in [0.15, 0.2) is 0 Å². The van der Waals surface area contributed by atoms with Crippen LogP contribution in [0.15, 0.2) is 0 Å². The molecule has 0 radical (unpaired) electrons. The van der Waals surface area contributed by atoms with Crippen LogP contribution < -0.4 is 5.32 Å². The summed E-state index contributed by atoms with van der Waals surface area (Å²) in [6.45, 7) is 6.16. The van der Waals surface area contributed by atoms with E-state index in [0.717, 1.165) is 31.8 Å². The van der Waals surface area contributed by atoms with Crippen LogP contribution in [0.2, 0.25) is 0 Å². The van der Waals surface area contributed by atoms with E-state index >= 15 is 0 Å². The van der Waals surface area contributed by atoms with E-state index in [1.807, 2.05) is 0 Å². The highest BCUT2D eigenvalue weighted by atomic mass is 32.2. The highest BCUT2D eigenvalue weighted by molar-refractivity contribution is 7.91. The standard InChI is InChI=1S/C11H23NO2S/c1-3-15(13,14)8-4-5-11-6-7-12-9-10(11)2/h10-12H,3-9H2,1-2H3. The van der Waals surface area contributed by atoms with E-state index in [0.29, 0.717) is 11.7 Å². The summed E-state index contributed by atoms with van der Waals surface area (Å²) in [5.41, 5.74) is 0. The van der Waals surface area contributed by atoms with Gasteiger partial charge in [-0.15, -0.1) is 0 Å². The molecular weight excluding hydrogens is 210 g/mol. The molecule has 0 aromatic carbocycles. The van der Waals surface area contributed by atoms with Gasteiger partial charge in [-0.1, -0.05) is 13.8 Å². The zero-order valence-electron chi connectivity index (χ0n) is 9.83. The molecule has 4 heteroatoms. The van der Waals surface area contributed by atoms with Crippen LogP contribution in [0.5, 0.6) is 0 Å². The summed E-state index contributed by atoms with van der Waals surface area (Å²) in [5, 5.41) is 3.36. The average Bonchev–Trinajstić information content (AvgIpc) is 2.21. The summed E-state index contributed by atoms with van der Waals surface area (Å²) in [5.74, 6) is 2.08. The Hall–Kier alpha value is -0.0900. The molecule has 1 heterocycles. The van der Waals surface area contributed by atoms with Crippen LogP contribution in [0, 0.1) is 11.8 Å². The van der Waals surface area contributed by atoms with Crippen molar-refractivity contribution < 1.29 is 8.42 Å². The van der Waals surface area contributed by atoms with Crippen molar-refractivity contribution >= 4 is 9.84 Å². The van der Waals surface area contributed by atoms with Gasteiger partial charge in [0.05, 0.1) is 5.75 Å². The van der Waals surface area contributed by atoms with Gasteiger partial charge in [-0.3, -0.25) is 0 Å². The van der Waals surface area contributed by atoms with Gasteiger partial charge in [-0.25, -0.2) is 8.42 Å². The summed E-state index contributed by atoms with van der Waals surface area (Å²) >= 11 is 0. The Morgan fingerprint density at radius 1 is 1.40 bits per heavy atom. The molecule has 3 nitrogen and oxygen atoms in total. The summed E-state index contributed by atoms with van der Waals surface area (Å²) < 4.78 is 22.6. The Labute approximate surface area is 93.6 Å². The van der Waals surface area contributed by atoms with Crippen molar-refractivity contribution in [3.05, 3.63) is 0 Å². The van der Waals surface area contributed by atoms with E-state index < -0.39 is 9.84 Å². The number of hydrogen-bond donors (Lipinski definition) is 1. The van der Waals surface area contributed by atoms with Gasteiger partial charge >= 0.3 is 0 Å². The zero-order valence-corrected chi connectivity index (χ0v) is 10.6.